The predicted octanol–water partition coefficient (Wildman–Crippen LogP) is 3.73. The second-order valence-corrected chi connectivity index (χ2v) is 7.67. The Balaban J connectivity index is 1.85. The van der Waals surface area contributed by atoms with Gasteiger partial charge < -0.3 is 5.32 Å². The highest BCUT2D eigenvalue weighted by molar-refractivity contribution is 7.99. The Labute approximate surface area is 134 Å². The first-order chi connectivity index (χ1) is 10.1. The lowest BCUT2D eigenvalue weighted by molar-refractivity contribution is 0.287. The van der Waals surface area contributed by atoms with E-state index in [0.29, 0.717) is 12.0 Å². The van der Waals surface area contributed by atoms with E-state index in [0.717, 1.165) is 13.1 Å². The van der Waals surface area contributed by atoms with Gasteiger partial charge in [-0.1, -0.05) is 45.0 Å². The quantitative estimate of drug-likeness (QED) is 0.862. The molecule has 2 rings (SSSR count). The highest BCUT2D eigenvalue weighted by Crippen LogP contribution is 2.17. The van der Waals surface area contributed by atoms with Gasteiger partial charge in [-0.2, -0.15) is 11.8 Å². The van der Waals surface area contributed by atoms with E-state index in [4.69, 9.17) is 0 Å². The van der Waals surface area contributed by atoms with Crippen LogP contribution in [0.1, 0.15) is 44.2 Å². The van der Waals surface area contributed by atoms with Crippen LogP contribution < -0.4 is 5.32 Å². The Bertz CT molecular complexity index is 394. The van der Waals surface area contributed by atoms with E-state index in [2.05, 4.69) is 67.0 Å². The van der Waals surface area contributed by atoms with Crippen LogP contribution in [-0.4, -0.2) is 42.1 Å². The number of thioether (sulfide) groups is 1. The molecule has 1 unspecified atom stereocenters. The molecule has 1 N–H and O–H groups in total. The summed E-state index contributed by atoms with van der Waals surface area (Å²) in [6, 6.07) is 9.83. The molecule has 0 saturated carbocycles. The summed E-state index contributed by atoms with van der Waals surface area (Å²) in [5.74, 6) is 3.20. The summed E-state index contributed by atoms with van der Waals surface area (Å²) in [4.78, 5) is 2.60. The van der Waals surface area contributed by atoms with Crippen molar-refractivity contribution in [2.24, 2.45) is 0 Å². The van der Waals surface area contributed by atoms with Crippen LogP contribution in [0.2, 0.25) is 0 Å². The summed E-state index contributed by atoms with van der Waals surface area (Å²) >= 11 is 2.10. The molecule has 2 nitrogen and oxygen atoms in total. The SMILES string of the molecule is CC(C)NCC(C)c1ccc(CN2CCCSCC2)cc1. The first-order valence-corrected chi connectivity index (χ1v) is 9.43. The van der Waals surface area contributed by atoms with Crippen molar-refractivity contribution in [2.75, 3.05) is 31.1 Å². The van der Waals surface area contributed by atoms with Crippen molar-refractivity contribution >= 4 is 11.8 Å². The Morgan fingerprint density at radius 1 is 1.10 bits per heavy atom. The van der Waals surface area contributed by atoms with Gasteiger partial charge >= 0.3 is 0 Å². The van der Waals surface area contributed by atoms with E-state index < -0.39 is 0 Å². The van der Waals surface area contributed by atoms with E-state index in [9.17, 15) is 0 Å². The van der Waals surface area contributed by atoms with Crippen molar-refractivity contribution in [2.45, 2.75) is 45.7 Å². The molecule has 1 atom stereocenters. The van der Waals surface area contributed by atoms with Crippen LogP contribution >= 0.6 is 11.8 Å². The minimum absolute atomic E-state index is 0.563. The maximum absolute atomic E-state index is 3.52. The van der Waals surface area contributed by atoms with Crippen LogP contribution in [0.3, 0.4) is 0 Å². The van der Waals surface area contributed by atoms with E-state index in [-0.39, 0.29) is 0 Å². The largest absolute Gasteiger partial charge is 0.314 e. The normalized spacial score (nSPS) is 18.7. The minimum Gasteiger partial charge on any atom is -0.314 e. The molecule has 118 valence electrons. The molecule has 0 spiro atoms. The van der Waals surface area contributed by atoms with Crippen molar-refractivity contribution in [3.8, 4) is 0 Å². The second kappa shape index (κ2) is 8.82. The Morgan fingerprint density at radius 3 is 2.57 bits per heavy atom. The summed E-state index contributed by atoms with van der Waals surface area (Å²) in [5.41, 5.74) is 2.90. The fourth-order valence-corrected chi connectivity index (χ4v) is 3.62. The Morgan fingerprint density at radius 2 is 1.86 bits per heavy atom. The summed E-state index contributed by atoms with van der Waals surface area (Å²) < 4.78 is 0. The number of nitrogens with one attached hydrogen (secondary N) is 1. The third-order valence-electron chi connectivity index (χ3n) is 4.10. The van der Waals surface area contributed by atoms with Crippen molar-refractivity contribution in [3.63, 3.8) is 0 Å². The van der Waals surface area contributed by atoms with Crippen LogP contribution in [0.15, 0.2) is 24.3 Å². The van der Waals surface area contributed by atoms with Gasteiger partial charge in [-0.3, -0.25) is 4.90 Å². The number of hydrogen-bond donors (Lipinski definition) is 1. The highest BCUT2D eigenvalue weighted by Gasteiger charge is 2.10. The second-order valence-electron chi connectivity index (χ2n) is 6.45. The van der Waals surface area contributed by atoms with E-state index >= 15 is 0 Å². The van der Waals surface area contributed by atoms with Crippen molar-refractivity contribution in [1.82, 2.24) is 10.2 Å². The van der Waals surface area contributed by atoms with Crippen LogP contribution in [-0.2, 0) is 6.54 Å². The molecule has 1 heterocycles. The average Bonchev–Trinajstić information content (AvgIpc) is 2.74. The summed E-state index contributed by atoms with van der Waals surface area (Å²) in [6.45, 7) is 11.4. The van der Waals surface area contributed by atoms with Gasteiger partial charge in [0.1, 0.15) is 0 Å². The van der Waals surface area contributed by atoms with Gasteiger partial charge in [-0.25, -0.2) is 0 Å². The first-order valence-electron chi connectivity index (χ1n) is 8.27. The zero-order chi connectivity index (χ0) is 15.1. The fourth-order valence-electron chi connectivity index (χ4n) is 2.70. The molecule has 1 saturated heterocycles. The molecular weight excluding hydrogens is 276 g/mol. The van der Waals surface area contributed by atoms with Crippen LogP contribution in [0.4, 0.5) is 0 Å². The molecule has 0 bridgehead atoms. The Hall–Kier alpha value is -0.510. The molecule has 3 heteroatoms. The van der Waals surface area contributed by atoms with Gasteiger partial charge in [-0.05, 0) is 35.8 Å². The molecule has 0 aromatic heterocycles. The lowest BCUT2D eigenvalue weighted by Gasteiger charge is -2.20. The highest BCUT2D eigenvalue weighted by atomic mass is 32.2. The van der Waals surface area contributed by atoms with E-state index in [1.807, 2.05) is 0 Å². The summed E-state index contributed by atoms with van der Waals surface area (Å²) in [6.07, 6.45) is 1.33. The third kappa shape index (κ3) is 6.01. The Kier molecular flexibility index (Phi) is 7.08. The van der Waals surface area contributed by atoms with Gasteiger partial charge in [0.15, 0.2) is 0 Å². The minimum atomic E-state index is 0.563. The van der Waals surface area contributed by atoms with Gasteiger partial charge in [0.05, 0.1) is 0 Å². The maximum Gasteiger partial charge on any atom is 0.0234 e. The first kappa shape index (κ1) is 16.9. The molecule has 0 radical (unpaired) electrons. The zero-order valence-electron chi connectivity index (χ0n) is 13.8. The molecule has 1 fully saturated rings. The maximum atomic E-state index is 3.52. The molecule has 0 aliphatic carbocycles. The topological polar surface area (TPSA) is 15.3 Å². The lowest BCUT2D eigenvalue weighted by atomic mass is 9.99. The van der Waals surface area contributed by atoms with Gasteiger partial charge in [0, 0.05) is 31.4 Å². The van der Waals surface area contributed by atoms with Crippen molar-refractivity contribution in [1.29, 1.82) is 0 Å². The predicted molar refractivity (Wildman–Crippen MR) is 95.2 cm³/mol. The molecule has 0 amide bonds. The fraction of sp³-hybridized carbons (Fsp3) is 0.667. The van der Waals surface area contributed by atoms with Gasteiger partial charge in [-0.15, -0.1) is 0 Å². The average molecular weight is 307 g/mol. The summed E-state index contributed by atoms with van der Waals surface area (Å²) in [5, 5.41) is 3.52. The molecule has 1 aromatic rings. The molecule has 1 aromatic carbocycles. The number of hydrogen-bond acceptors (Lipinski definition) is 3. The van der Waals surface area contributed by atoms with Crippen LogP contribution in [0.5, 0.6) is 0 Å². The standard InChI is InChI=1S/C18H30N2S/c1-15(2)19-13-16(3)18-7-5-17(6-8-18)14-20-9-4-11-21-12-10-20/h5-8,15-16,19H,4,9-14H2,1-3H3. The lowest BCUT2D eigenvalue weighted by Crippen LogP contribution is -2.27. The number of benzene rings is 1. The van der Waals surface area contributed by atoms with E-state index in [1.54, 1.807) is 0 Å². The smallest absolute Gasteiger partial charge is 0.0234 e. The van der Waals surface area contributed by atoms with Crippen molar-refractivity contribution < 1.29 is 0 Å². The molecular formula is C18H30N2S. The van der Waals surface area contributed by atoms with Crippen LogP contribution in [0.25, 0.3) is 0 Å². The van der Waals surface area contributed by atoms with Gasteiger partial charge in [0.2, 0.25) is 0 Å². The zero-order valence-corrected chi connectivity index (χ0v) is 14.6. The summed E-state index contributed by atoms with van der Waals surface area (Å²) in [7, 11) is 0. The van der Waals surface area contributed by atoms with E-state index in [1.165, 1.54) is 42.1 Å². The monoisotopic (exact) mass is 306 g/mol. The molecule has 1 aliphatic heterocycles. The third-order valence-corrected chi connectivity index (χ3v) is 5.15. The van der Waals surface area contributed by atoms with Gasteiger partial charge in [0.25, 0.3) is 0 Å². The number of nitrogens with zero attached hydrogens (tertiary/aromatic N) is 1. The molecule has 21 heavy (non-hydrogen) atoms. The van der Waals surface area contributed by atoms with Crippen molar-refractivity contribution in [3.05, 3.63) is 35.4 Å². The van der Waals surface area contributed by atoms with Crippen LogP contribution in [0, 0.1) is 0 Å². The number of rotatable bonds is 6. The molecule has 1 aliphatic rings.